The normalized spacial score (nSPS) is 22.0. The van der Waals surface area contributed by atoms with Gasteiger partial charge < -0.3 is 9.67 Å². The SMILES string of the molecule is CC1(C)C(Cn2cccc2C(=O)O)C1(C)C. The Labute approximate surface area is 96.1 Å². The van der Waals surface area contributed by atoms with E-state index < -0.39 is 5.97 Å². The van der Waals surface area contributed by atoms with Crippen LogP contribution in [0.15, 0.2) is 18.3 Å². The van der Waals surface area contributed by atoms with Crippen LogP contribution in [0, 0.1) is 16.7 Å². The fourth-order valence-corrected chi connectivity index (χ4v) is 2.75. The summed E-state index contributed by atoms with van der Waals surface area (Å²) in [4.78, 5) is 11.0. The fraction of sp³-hybridized carbons (Fsp3) is 0.615. The first-order chi connectivity index (χ1) is 7.28. The first-order valence-corrected chi connectivity index (χ1v) is 5.67. The van der Waals surface area contributed by atoms with Gasteiger partial charge >= 0.3 is 5.97 Å². The minimum Gasteiger partial charge on any atom is -0.477 e. The lowest BCUT2D eigenvalue weighted by Crippen LogP contribution is -2.10. The Balaban J connectivity index is 2.18. The standard InChI is InChI=1S/C13H19NO2/c1-12(2)10(13(12,3)4)8-14-7-5-6-9(14)11(15)16/h5-7,10H,8H2,1-4H3,(H,15,16). The van der Waals surface area contributed by atoms with E-state index in [2.05, 4.69) is 27.7 Å². The Kier molecular flexibility index (Phi) is 2.19. The fourth-order valence-electron chi connectivity index (χ4n) is 2.75. The molecule has 16 heavy (non-hydrogen) atoms. The monoisotopic (exact) mass is 221 g/mol. The average molecular weight is 221 g/mol. The lowest BCUT2D eigenvalue weighted by atomic mass is 10.0. The smallest absolute Gasteiger partial charge is 0.352 e. The molecule has 0 bridgehead atoms. The van der Waals surface area contributed by atoms with Gasteiger partial charge in [0.1, 0.15) is 5.69 Å². The summed E-state index contributed by atoms with van der Waals surface area (Å²) < 4.78 is 1.85. The van der Waals surface area contributed by atoms with Crippen molar-refractivity contribution in [3.63, 3.8) is 0 Å². The van der Waals surface area contributed by atoms with Crippen molar-refractivity contribution in [2.45, 2.75) is 34.2 Å². The maximum atomic E-state index is 11.0. The first-order valence-electron chi connectivity index (χ1n) is 5.67. The van der Waals surface area contributed by atoms with Crippen molar-refractivity contribution in [1.29, 1.82) is 0 Å². The van der Waals surface area contributed by atoms with Gasteiger partial charge in [-0.3, -0.25) is 0 Å². The molecule has 0 unspecified atom stereocenters. The van der Waals surface area contributed by atoms with Crippen molar-refractivity contribution >= 4 is 5.97 Å². The number of aromatic carboxylic acids is 1. The van der Waals surface area contributed by atoms with Gasteiger partial charge in [-0.1, -0.05) is 27.7 Å². The molecule has 1 heterocycles. The molecule has 1 saturated carbocycles. The van der Waals surface area contributed by atoms with Gasteiger partial charge in [0.25, 0.3) is 0 Å². The second-order valence-corrected chi connectivity index (χ2v) is 5.85. The molecule has 1 N–H and O–H groups in total. The van der Waals surface area contributed by atoms with Gasteiger partial charge in [0.2, 0.25) is 0 Å². The van der Waals surface area contributed by atoms with Crippen LogP contribution in [0.1, 0.15) is 38.2 Å². The number of aromatic nitrogens is 1. The average Bonchev–Trinajstić information content (AvgIpc) is 2.58. The molecule has 1 aliphatic rings. The summed E-state index contributed by atoms with van der Waals surface area (Å²) in [6.07, 6.45) is 1.86. The van der Waals surface area contributed by atoms with Crippen molar-refractivity contribution < 1.29 is 9.90 Å². The molecule has 3 nitrogen and oxygen atoms in total. The van der Waals surface area contributed by atoms with Crippen molar-refractivity contribution in [2.75, 3.05) is 0 Å². The van der Waals surface area contributed by atoms with Gasteiger partial charge in [-0.05, 0) is 28.9 Å². The van der Waals surface area contributed by atoms with Crippen LogP contribution in [-0.2, 0) is 6.54 Å². The molecule has 2 rings (SSSR count). The molecule has 0 saturated heterocycles. The van der Waals surface area contributed by atoms with Crippen LogP contribution in [0.3, 0.4) is 0 Å². The highest BCUT2D eigenvalue weighted by atomic mass is 16.4. The highest BCUT2D eigenvalue weighted by molar-refractivity contribution is 5.85. The topological polar surface area (TPSA) is 42.2 Å². The molecule has 1 aliphatic carbocycles. The Hall–Kier alpha value is -1.25. The van der Waals surface area contributed by atoms with Gasteiger partial charge in [-0.2, -0.15) is 0 Å². The van der Waals surface area contributed by atoms with Crippen LogP contribution in [0.4, 0.5) is 0 Å². The van der Waals surface area contributed by atoms with E-state index in [0.29, 0.717) is 22.4 Å². The highest BCUT2D eigenvalue weighted by Crippen LogP contribution is 2.68. The van der Waals surface area contributed by atoms with Crippen LogP contribution in [0.5, 0.6) is 0 Å². The number of carbonyl (C=O) groups is 1. The minimum absolute atomic E-state index is 0.299. The molecule has 3 heteroatoms. The molecule has 0 atom stereocenters. The molecule has 0 amide bonds. The number of hydrogen-bond donors (Lipinski definition) is 1. The number of carboxylic acids is 1. The number of hydrogen-bond acceptors (Lipinski definition) is 1. The van der Waals surface area contributed by atoms with Gasteiger partial charge in [-0.25, -0.2) is 4.79 Å². The van der Waals surface area contributed by atoms with E-state index in [4.69, 9.17) is 5.11 Å². The number of rotatable bonds is 3. The number of nitrogens with zero attached hydrogens (tertiary/aromatic N) is 1. The summed E-state index contributed by atoms with van der Waals surface area (Å²) in [5, 5.41) is 9.03. The summed E-state index contributed by atoms with van der Waals surface area (Å²) in [7, 11) is 0. The van der Waals surface area contributed by atoms with Crippen LogP contribution in [0.25, 0.3) is 0 Å². The molecule has 0 radical (unpaired) electrons. The summed E-state index contributed by atoms with van der Waals surface area (Å²) in [5.74, 6) is -0.299. The molecule has 1 aromatic rings. The van der Waals surface area contributed by atoms with Crippen LogP contribution in [-0.4, -0.2) is 15.6 Å². The summed E-state index contributed by atoms with van der Waals surface area (Å²) in [6, 6.07) is 3.45. The highest BCUT2D eigenvalue weighted by Gasteiger charge is 2.64. The van der Waals surface area contributed by atoms with E-state index in [1.54, 1.807) is 12.1 Å². The van der Waals surface area contributed by atoms with Gasteiger partial charge in [0.05, 0.1) is 0 Å². The second kappa shape index (κ2) is 3.12. The molecular formula is C13H19NO2. The summed E-state index contributed by atoms with van der Waals surface area (Å²) in [6.45, 7) is 9.81. The number of carboxylic acid groups (broad SMARTS) is 1. The molecule has 0 aliphatic heterocycles. The third-order valence-electron chi connectivity index (χ3n) is 4.75. The zero-order valence-corrected chi connectivity index (χ0v) is 10.3. The third-order valence-corrected chi connectivity index (χ3v) is 4.75. The van der Waals surface area contributed by atoms with Crippen molar-refractivity contribution in [3.05, 3.63) is 24.0 Å². The molecule has 0 aromatic carbocycles. The van der Waals surface area contributed by atoms with Gasteiger partial charge in [0, 0.05) is 12.7 Å². The lowest BCUT2D eigenvalue weighted by molar-refractivity contribution is 0.0684. The molecule has 0 spiro atoms. The summed E-state index contributed by atoms with van der Waals surface area (Å²) >= 11 is 0. The first kappa shape index (κ1) is 11.2. The summed E-state index contributed by atoms with van der Waals surface area (Å²) in [5.41, 5.74) is 0.985. The van der Waals surface area contributed by atoms with Crippen LogP contribution < -0.4 is 0 Å². The third kappa shape index (κ3) is 1.38. The zero-order chi connectivity index (χ0) is 12.1. The van der Waals surface area contributed by atoms with Crippen LogP contribution in [0.2, 0.25) is 0 Å². The van der Waals surface area contributed by atoms with E-state index >= 15 is 0 Å². The Morgan fingerprint density at radius 1 is 1.38 bits per heavy atom. The largest absolute Gasteiger partial charge is 0.477 e. The molecule has 1 aromatic heterocycles. The van der Waals surface area contributed by atoms with E-state index in [-0.39, 0.29) is 0 Å². The van der Waals surface area contributed by atoms with E-state index in [1.165, 1.54) is 0 Å². The quantitative estimate of drug-likeness (QED) is 0.852. The van der Waals surface area contributed by atoms with E-state index in [9.17, 15) is 4.79 Å². The maximum absolute atomic E-state index is 11.0. The zero-order valence-electron chi connectivity index (χ0n) is 10.3. The van der Waals surface area contributed by atoms with Crippen molar-refractivity contribution in [2.24, 2.45) is 16.7 Å². The molecular weight excluding hydrogens is 202 g/mol. The Bertz CT molecular complexity index is 415. The lowest BCUT2D eigenvalue weighted by Gasteiger charge is -2.07. The molecule has 88 valence electrons. The Morgan fingerprint density at radius 3 is 2.38 bits per heavy atom. The van der Waals surface area contributed by atoms with Gasteiger partial charge in [0.15, 0.2) is 0 Å². The Morgan fingerprint density at radius 2 is 1.94 bits per heavy atom. The molecule has 1 fully saturated rings. The maximum Gasteiger partial charge on any atom is 0.352 e. The minimum atomic E-state index is -0.846. The van der Waals surface area contributed by atoms with Crippen molar-refractivity contribution in [3.8, 4) is 0 Å². The predicted octanol–water partition coefficient (Wildman–Crippen LogP) is 2.87. The second-order valence-electron chi connectivity index (χ2n) is 5.85. The van der Waals surface area contributed by atoms with Crippen molar-refractivity contribution in [1.82, 2.24) is 4.57 Å². The van der Waals surface area contributed by atoms with E-state index in [1.807, 2.05) is 10.8 Å². The van der Waals surface area contributed by atoms with E-state index in [0.717, 1.165) is 6.54 Å². The van der Waals surface area contributed by atoms with Gasteiger partial charge in [-0.15, -0.1) is 0 Å². The van der Waals surface area contributed by atoms with Crippen LogP contribution >= 0.6 is 0 Å². The predicted molar refractivity (Wildman–Crippen MR) is 62.4 cm³/mol.